The molecule has 2 unspecified atom stereocenters. The van der Waals surface area contributed by atoms with Gasteiger partial charge in [-0.3, -0.25) is 9.59 Å². The van der Waals surface area contributed by atoms with E-state index in [1.165, 1.54) is 11.8 Å². The van der Waals surface area contributed by atoms with Crippen LogP contribution >= 0.6 is 35.0 Å². The summed E-state index contributed by atoms with van der Waals surface area (Å²) in [6.45, 7) is 0. The van der Waals surface area contributed by atoms with Crippen LogP contribution in [0.2, 0.25) is 10.0 Å². The second-order valence-corrected chi connectivity index (χ2v) is 8.90. The standard InChI is InChI=1S/C18H16Cl2N2O4S/c19-11-5-10(6-12(20)8-11)15-14-3-4-27-18(14,26-22-15)17(25)21-13-2-1-9(7-13)16(23)24/h1-2,5-6,8-9,13-14H,3-4,7H2,(H,21,25)(H,23,24)/t9-,13+,14?,18?/m1/s1. The van der Waals surface area contributed by atoms with E-state index in [9.17, 15) is 9.59 Å². The first-order chi connectivity index (χ1) is 12.9. The van der Waals surface area contributed by atoms with E-state index in [1.807, 2.05) is 0 Å². The Morgan fingerprint density at radius 2 is 2.00 bits per heavy atom. The van der Waals surface area contributed by atoms with Crippen molar-refractivity contribution in [3.8, 4) is 0 Å². The second-order valence-electron chi connectivity index (χ2n) is 6.73. The summed E-state index contributed by atoms with van der Waals surface area (Å²) in [6.07, 6.45) is 4.40. The van der Waals surface area contributed by atoms with Gasteiger partial charge in [0.15, 0.2) is 0 Å². The van der Waals surface area contributed by atoms with Crippen LogP contribution in [0.4, 0.5) is 0 Å². The highest BCUT2D eigenvalue weighted by molar-refractivity contribution is 8.01. The molecule has 27 heavy (non-hydrogen) atoms. The maximum absolute atomic E-state index is 13.0. The molecule has 142 valence electrons. The Morgan fingerprint density at radius 1 is 1.26 bits per heavy atom. The van der Waals surface area contributed by atoms with Crippen molar-refractivity contribution in [2.24, 2.45) is 17.0 Å². The number of oxime groups is 1. The third-order valence-electron chi connectivity index (χ3n) is 4.98. The number of carbonyl (C=O) groups excluding carboxylic acids is 1. The van der Waals surface area contributed by atoms with Crippen molar-refractivity contribution in [3.05, 3.63) is 46.0 Å². The van der Waals surface area contributed by atoms with Crippen molar-refractivity contribution >= 4 is 52.6 Å². The van der Waals surface area contributed by atoms with Crippen molar-refractivity contribution in [2.75, 3.05) is 5.75 Å². The van der Waals surface area contributed by atoms with Gasteiger partial charge < -0.3 is 15.3 Å². The van der Waals surface area contributed by atoms with E-state index in [0.29, 0.717) is 22.2 Å². The Hall–Kier alpha value is -1.70. The Balaban J connectivity index is 1.53. The van der Waals surface area contributed by atoms with E-state index in [4.69, 9.17) is 33.1 Å². The number of aliphatic carboxylic acids is 1. The summed E-state index contributed by atoms with van der Waals surface area (Å²) >= 11 is 13.6. The van der Waals surface area contributed by atoms with Crippen molar-refractivity contribution in [3.63, 3.8) is 0 Å². The van der Waals surface area contributed by atoms with Crippen LogP contribution in [0, 0.1) is 11.8 Å². The quantitative estimate of drug-likeness (QED) is 0.720. The highest BCUT2D eigenvalue weighted by atomic mass is 35.5. The number of fused-ring (bicyclic) bond motifs is 1. The number of carboxylic acids is 1. The number of benzene rings is 1. The van der Waals surface area contributed by atoms with Crippen molar-refractivity contribution in [1.29, 1.82) is 0 Å². The maximum Gasteiger partial charge on any atom is 0.310 e. The van der Waals surface area contributed by atoms with E-state index in [-0.39, 0.29) is 17.9 Å². The van der Waals surface area contributed by atoms with Crippen molar-refractivity contribution in [1.82, 2.24) is 5.32 Å². The van der Waals surface area contributed by atoms with Gasteiger partial charge in [-0.2, -0.15) is 0 Å². The minimum absolute atomic E-state index is 0.224. The number of nitrogens with one attached hydrogen (secondary N) is 1. The lowest BCUT2D eigenvalue weighted by molar-refractivity contribution is -0.141. The van der Waals surface area contributed by atoms with Crippen LogP contribution in [0.25, 0.3) is 0 Å². The third-order valence-corrected chi connectivity index (χ3v) is 6.83. The summed E-state index contributed by atoms with van der Waals surface area (Å²) in [5.74, 6) is -1.23. The minimum atomic E-state index is -1.14. The number of hydrogen-bond donors (Lipinski definition) is 2. The van der Waals surface area contributed by atoms with Gasteiger partial charge in [0, 0.05) is 21.7 Å². The van der Waals surface area contributed by atoms with Gasteiger partial charge in [0.1, 0.15) is 0 Å². The average molecular weight is 427 g/mol. The molecule has 1 saturated heterocycles. The van der Waals surface area contributed by atoms with Crippen LogP contribution in [0.5, 0.6) is 0 Å². The van der Waals surface area contributed by atoms with E-state index in [2.05, 4.69) is 10.5 Å². The molecule has 6 nitrogen and oxygen atoms in total. The Labute approximate surface area is 169 Å². The lowest BCUT2D eigenvalue weighted by atomic mass is 9.89. The fourth-order valence-electron chi connectivity index (χ4n) is 3.69. The van der Waals surface area contributed by atoms with E-state index in [1.54, 1.807) is 30.4 Å². The van der Waals surface area contributed by atoms with Gasteiger partial charge >= 0.3 is 5.97 Å². The van der Waals surface area contributed by atoms with Crippen LogP contribution < -0.4 is 5.32 Å². The molecule has 1 aromatic rings. The Bertz CT molecular complexity index is 855. The first kappa shape index (κ1) is 18.7. The Morgan fingerprint density at radius 3 is 2.67 bits per heavy atom. The molecular formula is C18H16Cl2N2O4S. The van der Waals surface area contributed by atoms with Gasteiger partial charge in [-0.25, -0.2) is 0 Å². The van der Waals surface area contributed by atoms with Gasteiger partial charge in [0.25, 0.3) is 10.8 Å². The molecule has 2 N–H and O–H groups in total. The average Bonchev–Trinajstić information content (AvgIpc) is 3.28. The summed E-state index contributed by atoms with van der Waals surface area (Å²) in [7, 11) is 0. The normalized spacial score (nSPS) is 31.3. The fraction of sp³-hybridized carbons (Fsp3) is 0.389. The highest BCUT2D eigenvalue weighted by Gasteiger charge is 2.59. The molecule has 1 aromatic carbocycles. The molecule has 9 heteroatoms. The van der Waals surface area contributed by atoms with Gasteiger partial charge in [-0.15, -0.1) is 11.8 Å². The molecule has 0 radical (unpaired) electrons. The van der Waals surface area contributed by atoms with Crippen LogP contribution in [-0.2, 0) is 14.4 Å². The molecule has 4 atom stereocenters. The number of nitrogens with zero attached hydrogens (tertiary/aromatic N) is 1. The maximum atomic E-state index is 13.0. The summed E-state index contributed by atoms with van der Waals surface area (Å²) in [5.41, 5.74) is 1.39. The van der Waals surface area contributed by atoms with E-state index in [0.717, 1.165) is 17.7 Å². The third kappa shape index (κ3) is 3.32. The molecule has 1 fully saturated rings. The van der Waals surface area contributed by atoms with Crippen LogP contribution in [0.3, 0.4) is 0 Å². The van der Waals surface area contributed by atoms with Crippen LogP contribution in [-0.4, -0.2) is 39.4 Å². The summed E-state index contributed by atoms with van der Waals surface area (Å²) < 4.78 is 0. The van der Waals surface area contributed by atoms with Crippen LogP contribution in [0.1, 0.15) is 18.4 Å². The molecular weight excluding hydrogens is 411 g/mol. The molecule has 0 spiro atoms. The summed E-state index contributed by atoms with van der Waals surface area (Å²) in [4.78, 5) is 28.7. The summed E-state index contributed by atoms with van der Waals surface area (Å²) in [5, 5.41) is 17.2. The largest absolute Gasteiger partial charge is 0.481 e. The predicted molar refractivity (Wildman–Crippen MR) is 104 cm³/mol. The molecule has 1 amide bonds. The molecule has 3 aliphatic rings. The van der Waals surface area contributed by atoms with Gasteiger partial charge in [-0.05, 0) is 36.8 Å². The number of halogens is 2. The number of hydrogen-bond acceptors (Lipinski definition) is 5. The smallest absolute Gasteiger partial charge is 0.310 e. The van der Waals surface area contributed by atoms with Gasteiger partial charge in [0.2, 0.25) is 0 Å². The van der Waals surface area contributed by atoms with Crippen molar-refractivity contribution < 1.29 is 19.5 Å². The fourth-order valence-corrected chi connectivity index (χ4v) is 5.58. The lowest BCUT2D eigenvalue weighted by Gasteiger charge is -2.26. The van der Waals surface area contributed by atoms with Gasteiger partial charge in [-0.1, -0.05) is 40.5 Å². The van der Waals surface area contributed by atoms with Crippen LogP contribution in [0.15, 0.2) is 35.5 Å². The molecule has 0 saturated carbocycles. The molecule has 4 rings (SSSR count). The number of amides is 1. The predicted octanol–water partition coefficient (Wildman–Crippen LogP) is 3.32. The highest BCUT2D eigenvalue weighted by Crippen LogP contribution is 2.50. The lowest BCUT2D eigenvalue weighted by Crippen LogP contribution is -2.50. The molecule has 0 bridgehead atoms. The minimum Gasteiger partial charge on any atom is -0.481 e. The molecule has 1 aliphatic carbocycles. The molecule has 2 aliphatic heterocycles. The number of thioether (sulfide) groups is 1. The molecule has 0 aromatic heterocycles. The monoisotopic (exact) mass is 426 g/mol. The molecule has 2 heterocycles. The number of carboxylic acid groups (broad SMARTS) is 1. The SMILES string of the molecule is O=C(O)[C@@H]1C=C[C@H](NC(=O)C23ON=C(c4cc(Cl)cc(Cl)c4)C2CCS3)C1. The Kier molecular flexibility index (Phi) is 4.86. The first-order valence-corrected chi connectivity index (χ1v) is 10.2. The second kappa shape index (κ2) is 7.04. The first-order valence-electron chi connectivity index (χ1n) is 8.47. The zero-order chi connectivity index (χ0) is 19.2. The number of rotatable bonds is 4. The summed E-state index contributed by atoms with van der Waals surface area (Å²) in [6, 6.07) is 4.81. The van der Waals surface area contributed by atoms with E-state index >= 15 is 0 Å². The number of carbonyl (C=O) groups is 2. The van der Waals surface area contributed by atoms with Gasteiger partial charge in [0.05, 0.1) is 17.5 Å². The topological polar surface area (TPSA) is 88.0 Å². The zero-order valence-electron chi connectivity index (χ0n) is 14.0. The van der Waals surface area contributed by atoms with E-state index < -0.39 is 16.8 Å². The zero-order valence-corrected chi connectivity index (χ0v) is 16.4. The van der Waals surface area contributed by atoms with Crippen molar-refractivity contribution in [2.45, 2.75) is 23.8 Å².